The number of nitro groups is 1. The Morgan fingerprint density at radius 3 is 2.42 bits per heavy atom. The summed E-state index contributed by atoms with van der Waals surface area (Å²) in [5, 5.41) is 11.1. The molecule has 1 aliphatic heterocycles. The minimum atomic E-state index is -4.03. The molecule has 3 aromatic rings. The fourth-order valence-electron chi connectivity index (χ4n) is 4.05. The molecule has 0 bridgehead atoms. The molecule has 9 heteroatoms. The second-order valence-corrected chi connectivity index (χ2v) is 9.64. The molecular weight excluding hydrogens is 442 g/mol. The van der Waals surface area contributed by atoms with Crippen LogP contribution in [0.15, 0.2) is 77.7 Å². The minimum Gasteiger partial charge on any atom is -0.332 e. The van der Waals surface area contributed by atoms with Crippen LogP contribution in [0, 0.1) is 17.0 Å². The normalized spacial score (nSPS) is 15.9. The number of anilines is 1. The predicted molar refractivity (Wildman–Crippen MR) is 125 cm³/mol. The molecule has 0 aromatic heterocycles. The Labute approximate surface area is 192 Å². The number of benzene rings is 3. The van der Waals surface area contributed by atoms with Crippen LogP contribution in [-0.2, 0) is 10.0 Å². The molecule has 0 unspecified atom stereocenters. The van der Waals surface area contributed by atoms with Gasteiger partial charge in [-0.3, -0.25) is 19.6 Å². The Balaban J connectivity index is 1.51. The lowest BCUT2D eigenvalue weighted by Crippen LogP contribution is -2.30. The van der Waals surface area contributed by atoms with E-state index in [9.17, 15) is 23.3 Å². The van der Waals surface area contributed by atoms with Crippen LogP contribution >= 0.6 is 0 Å². The van der Waals surface area contributed by atoms with Crippen molar-refractivity contribution in [3.05, 3.63) is 99.6 Å². The summed E-state index contributed by atoms with van der Waals surface area (Å²) in [4.78, 5) is 25.3. The smallest absolute Gasteiger partial charge is 0.273 e. The zero-order chi connectivity index (χ0) is 23.6. The summed E-state index contributed by atoms with van der Waals surface area (Å²) in [6, 6.07) is 19.9. The highest BCUT2D eigenvalue weighted by Crippen LogP contribution is 2.33. The van der Waals surface area contributed by atoms with Gasteiger partial charge in [0.15, 0.2) is 0 Å². The van der Waals surface area contributed by atoms with Crippen LogP contribution in [0.5, 0.6) is 0 Å². The molecule has 1 amide bonds. The minimum absolute atomic E-state index is 0.0224. The second-order valence-electron chi connectivity index (χ2n) is 7.96. The van der Waals surface area contributed by atoms with E-state index < -0.39 is 14.9 Å². The van der Waals surface area contributed by atoms with Gasteiger partial charge in [-0.2, -0.15) is 0 Å². The van der Waals surface area contributed by atoms with Gasteiger partial charge in [0.2, 0.25) is 0 Å². The third-order valence-corrected chi connectivity index (χ3v) is 7.15. The maximum Gasteiger partial charge on any atom is 0.273 e. The molecule has 1 N–H and O–H groups in total. The number of carbonyl (C=O) groups excluding carboxylic acids is 1. The predicted octanol–water partition coefficient (Wildman–Crippen LogP) is 4.68. The van der Waals surface area contributed by atoms with E-state index >= 15 is 0 Å². The highest BCUT2D eigenvalue weighted by molar-refractivity contribution is 7.92. The highest BCUT2D eigenvalue weighted by atomic mass is 32.2. The van der Waals surface area contributed by atoms with Gasteiger partial charge in [0.25, 0.3) is 21.6 Å². The summed E-state index contributed by atoms with van der Waals surface area (Å²) in [5.41, 5.74) is 1.93. The summed E-state index contributed by atoms with van der Waals surface area (Å²) in [6.07, 6.45) is 1.82. The van der Waals surface area contributed by atoms with Gasteiger partial charge in [-0.05, 0) is 55.7 Å². The van der Waals surface area contributed by atoms with E-state index in [1.807, 2.05) is 35.2 Å². The number of nitrogens with one attached hydrogen (secondary N) is 1. The molecule has 1 atom stereocenters. The van der Waals surface area contributed by atoms with E-state index in [1.165, 1.54) is 24.3 Å². The van der Waals surface area contributed by atoms with E-state index in [-0.39, 0.29) is 28.2 Å². The number of rotatable bonds is 6. The van der Waals surface area contributed by atoms with Gasteiger partial charge >= 0.3 is 0 Å². The van der Waals surface area contributed by atoms with Crippen molar-refractivity contribution in [1.29, 1.82) is 0 Å². The van der Waals surface area contributed by atoms with Crippen molar-refractivity contribution in [1.82, 2.24) is 4.90 Å². The molecule has 0 aliphatic carbocycles. The summed E-state index contributed by atoms with van der Waals surface area (Å²) in [6.45, 7) is 2.21. The van der Waals surface area contributed by atoms with Crippen molar-refractivity contribution >= 4 is 27.3 Å². The van der Waals surface area contributed by atoms with Gasteiger partial charge in [0.1, 0.15) is 0 Å². The molecule has 1 saturated heterocycles. The number of likely N-dealkylation sites (tertiary alicyclic amines) is 1. The molecule has 170 valence electrons. The lowest BCUT2D eigenvalue weighted by molar-refractivity contribution is -0.385. The van der Waals surface area contributed by atoms with Crippen LogP contribution in [0.3, 0.4) is 0 Å². The second kappa shape index (κ2) is 9.03. The molecule has 1 aliphatic rings. The third kappa shape index (κ3) is 4.73. The zero-order valence-corrected chi connectivity index (χ0v) is 18.8. The monoisotopic (exact) mass is 465 g/mol. The van der Waals surface area contributed by atoms with Crippen molar-refractivity contribution in [2.24, 2.45) is 0 Å². The molecule has 33 heavy (non-hydrogen) atoms. The van der Waals surface area contributed by atoms with Gasteiger partial charge in [-0.15, -0.1) is 0 Å². The highest BCUT2D eigenvalue weighted by Gasteiger charge is 2.30. The Bertz CT molecular complexity index is 1290. The van der Waals surface area contributed by atoms with Crippen molar-refractivity contribution in [2.75, 3.05) is 11.3 Å². The third-order valence-electron chi connectivity index (χ3n) is 5.77. The number of hydrogen-bond acceptors (Lipinski definition) is 5. The number of nitro benzene ring substituents is 1. The van der Waals surface area contributed by atoms with Gasteiger partial charge in [-0.1, -0.05) is 36.4 Å². The summed E-state index contributed by atoms with van der Waals surface area (Å²) in [7, 11) is -4.03. The fraction of sp³-hybridized carbons (Fsp3) is 0.208. The Kier molecular flexibility index (Phi) is 6.15. The number of amides is 1. The summed E-state index contributed by atoms with van der Waals surface area (Å²) in [5.74, 6) is -0.107. The van der Waals surface area contributed by atoms with E-state index in [2.05, 4.69) is 4.72 Å². The molecule has 0 saturated carbocycles. The quantitative estimate of drug-likeness (QED) is 0.420. The van der Waals surface area contributed by atoms with Crippen LogP contribution in [-0.4, -0.2) is 30.7 Å². The lowest BCUT2D eigenvalue weighted by atomic mass is 10.0. The molecule has 8 nitrogen and oxygen atoms in total. The first-order chi connectivity index (χ1) is 15.8. The Hall–Kier alpha value is -3.72. The van der Waals surface area contributed by atoms with Crippen LogP contribution < -0.4 is 4.72 Å². The zero-order valence-electron chi connectivity index (χ0n) is 18.0. The first-order valence-corrected chi connectivity index (χ1v) is 12.0. The molecule has 3 aromatic carbocycles. The van der Waals surface area contributed by atoms with E-state index in [4.69, 9.17) is 0 Å². The molecule has 0 spiro atoms. The maximum absolute atomic E-state index is 13.1. The fourth-order valence-corrected chi connectivity index (χ4v) is 5.12. The first kappa shape index (κ1) is 22.5. The van der Waals surface area contributed by atoms with E-state index in [0.717, 1.165) is 24.5 Å². The van der Waals surface area contributed by atoms with Gasteiger partial charge in [0.05, 0.1) is 15.9 Å². The number of carbonyl (C=O) groups is 1. The van der Waals surface area contributed by atoms with Crippen LogP contribution in [0.25, 0.3) is 0 Å². The molecule has 1 fully saturated rings. The number of hydrogen-bond donors (Lipinski definition) is 1. The SMILES string of the molecule is Cc1ccc(S(=O)(=O)Nc2ccc(C(=O)N3CCC[C@H]3c3ccccc3)cc2)cc1[N+](=O)[O-]. The average Bonchev–Trinajstić information content (AvgIpc) is 3.29. The standard InChI is InChI=1S/C24H23N3O5S/c1-17-9-14-21(16-23(17)27(29)30)33(31,32)25-20-12-10-19(11-13-20)24(28)26-15-5-8-22(26)18-6-3-2-4-7-18/h2-4,6-7,9-14,16,22,25H,5,8,15H2,1H3/t22-/m0/s1. The van der Waals surface area contributed by atoms with Crippen molar-refractivity contribution < 1.29 is 18.1 Å². The maximum atomic E-state index is 13.1. The molecule has 4 rings (SSSR count). The van der Waals surface area contributed by atoms with Crippen molar-refractivity contribution in [3.8, 4) is 0 Å². The molecule has 1 heterocycles. The van der Waals surface area contributed by atoms with Crippen LogP contribution in [0.4, 0.5) is 11.4 Å². The van der Waals surface area contributed by atoms with Gasteiger partial charge in [0, 0.05) is 29.4 Å². The van der Waals surface area contributed by atoms with Crippen LogP contribution in [0.2, 0.25) is 0 Å². The molecular formula is C24H23N3O5S. The largest absolute Gasteiger partial charge is 0.332 e. The molecule has 0 radical (unpaired) electrons. The first-order valence-electron chi connectivity index (χ1n) is 10.5. The Morgan fingerprint density at radius 2 is 1.76 bits per heavy atom. The van der Waals surface area contributed by atoms with Gasteiger partial charge < -0.3 is 4.90 Å². The average molecular weight is 466 g/mol. The van der Waals surface area contributed by atoms with Crippen molar-refractivity contribution in [3.63, 3.8) is 0 Å². The van der Waals surface area contributed by atoms with Crippen molar-refractivity contribution in [2.45, 2.75) is 30.7 Å². The number of sulfonamides is 1. The number of nitrogens with zero attached hydrogens (tertiary/aromatic N) is 2. The Morgan fingerprint density at radius 1 is 1.06 bits per heavy atom. The van der Waals surface area contributed by atoms with E-state index in [0.29, 0.717) is 17.7 Å². The summed E-state index contributed by atoms with van der Waals surface area (Å²) < 4.78 is 27.8. The van der Waals surface area contributed by atoms with Gasteiger partial charge in [-0.25, -0.2) is 8.42 Å². The lowest BCUT2D eigenvalue weighted by Gasteiger charge is -2.25. The van der Waals surface area contributed by atoms with E-state index in [1.54, 1.807) is 19.1 Å². The summed E-state index contributed by atoms with van der Waals surface area (Å²) >= 11 is 0. The van der Waals surface area contributed by atoms with Crippen LogP contribution in [0.1, 0.15) is 40.4 Å². The number of aryl methyl sites for hydroxylation is 1. The topological polar surface area (TPSA) is 110 Å².